The maximum atomic E-state index is 6.22. The monoisotopic (exact) mass is 501 g/mol. The molecule has 0 fully saturated rings. The van der Waals surface area contributed by atoms with Gasteiger partial charge in [-0.15, -0.1) is 0 Å². The first-order valence-corrected chi connectivity index (χ1v) is 12.9. The highest BCUT2D eigenvalue weighted by molar-refractivity contribution is 6.12. The van der Waals surface area contributed by atoms with Crippen molar-refractivity contribution in [2.24, 2.45) is 0 Å². The molecule has 0 bridgehead atoms. The molecule has 0 aliphatic carbocycles. The molecule has 0 spiro atoms. The lowest BCUT2D eigenvalue weighted by molar-refractivity contribution is 0.669. The molecule has 7 heteroatoms. The minimum Gasteiger partial charge on any atom is -0.456 e. The van der Waals surface area contributed by atoms with Gasteiger partial charge in [0.15, 0.2) is 0 Å². The summed E-state index contributed by atoms with van der Waals surface area (Å²) >= 11 is 0. The minimum atomic E-state index is 0.840. The predicted molar refractivity (Wildman–Crippen MR) is 153 cm³/mol. The molecular weight excluding hydrogens is 486 g/mol. The molecule has 6 heterocycles. The summed E-state index contributed by atoms with van der Waals surface area (Å²) < 4.78 is 19.1. The highest BCUT2D eigenvalue weighted by Crippen LogP contribution is 2.38. The summed E-state index contributed by atoms with van der Waals surface area (Å²) in [5.41, 5.74) is 10.7. The molecular formula is C32H15N5O2. The van der Waals surface area contributed by atoms with Gasteiger partial charge in [-0.25, -0.2) is 14.4 Å². The SMILES string of the molecule is c1ccc2c(c1)oc1cc3c(cc12)nc1n3c2cccc3c2n1c1nc2cc4c(cc2n31)oc1ccccc14. The van der Waals surface area contributed by atoms with Crippen LogP contribution in [-0.2, 0) is 0 Å². The van der Waals surface area contributed by atoms with Crippen molar-refractivity contribution in [3.05, 3.63) is 91.0 Å². The van der Waals surface area contributed by atoms with Crippen LogP contribution < -0.4 is 0 Å². The van der Waals surface area contributed by atoms with E-state index in [0.29, 0.717) is 0 Å². The maximum absolute atomic E-state index is 6.22. The Morgan fingerprint density at radius 2 is 0.949 bits per heavy atom. The average molecular weight is 502 g/mol. The van der Waals surface area contributed by atoms with Crippen molar-refractivity contribution in [2.45, 2.75) is 0 Å². The fraction of sp³-hybridized carbons (Fsp3) is 0. The number of aromatic nitrogens is 5. The second-order valence-corrected chi connectivity index (χ2v) is 10.3. The normalized spacial score (nSPS) is 13.1. The quantitative estimate of drug-likeness (QED) is 0.212. The van der Waals surface area contributed by atoms with Crippen LogP contribution in [0.4, 0.5) is 0 Å². The Morgan fingerprint density at radius 1 is 0.436 bits per heavy atom. The first-order chi connectivity index (χ1) is 19.3. The van der Waals surface area contributed by atoms with E-state index in [1.54, 1.807) is 0 Å². The van der Waals surface area contributed by atoms with E-state index in [9.17, 15) is 0 Å². The van der Waals surface area contributed by atoms with Crippen molar-refractivity contribution in [1.29, 1.82) is 0 Å². The zero-order chi connectivity index (χ0) is 25.0. The fourth-order valence-corrected chi connectivity index (χ4v) is 6.74. The molecule has 0 atom stereocenters. The Hall–Kier alpha value is -5.56. The molecule has 0 unspecified atom stereocenters. The van der Waals surface area contributed by atoms with Crippen LogP contribution >= 0.6 is 0 Å². The predicted octanol–water partition coefficient (Wildman–Crippen LogP) is 7.93. The van der Waals surface area contributed by atoms with Gasteiger partial charge in [-0.1, -0.05) is 42.5 Å². The first kappa shape index (κ1) is 18.6. The van der Waals surface area contributed by atoms with Gasteiger partial charge in [0, 0.05) is 33.7 Å². The lowest BCUT2D eigenvalue weighted by Gasteiger charge is -1.98. The first-order valence-electron chi connectivity index (χ1n) is 12.9. The molecule has 0 saturated heterocycles. The number of para-hydroxylation sites is 3. The number of nitrogens with zero attached hydrogens (tertiary/aromatic N) is 5. The van der Waals surface area contributed by atoms with Crippen molar-refractivity contribution in [2.75, 3.05) is 0 Å². The maximum Gasteiger partial charge on any atom is 0.223 e. The van der Waals surface area contributed by atoms with E-state index in [2.05, 4.69) is 67.8 Å². The molecule has 11 aromatic rings. The van der Waals surface area contributed by atoms with Crippen LogP contribution in [0.1, 0.15) is 0 Å². The third kappa shape index (κ3) is 2.01. The van der Waals surface area contributed by atoms with Crippen LogP contribution in [0.5, 0.6) is 0 Å². The Bertz CT molecular complexity index is 2650. The molecule has 7 nitrogen and oxygen atoms in total. The number of hydrogen-bond acceptors (Lipinski definition) is 4. The van der Waals surface area contributed by atoms with E-state index in [1.807, 2.05) is 36.4 Å². The molecule has 0 N–H and O–H groups in total. The van der Waals surface area contributed by atoms with Gasteiger partial charge in [-0.3, -0.25) is 8.80 Å². The van der Waals surface area contributed by atoms with Crippen molar-refractivity contribution in [3.63, 3.8) is 0 Å². The number of hydrogen-bond donors (Lipinski definition) is 0. The number of benzene rings is 5. The van der Waals surface area contributed by atoms with Gasteiger partial charge in [-0.2, -0.15) is 0 Å². The fourth-order valence-electron chi connectivity index (χ4n) is 6.74. The summed E-state index contributed by atoms with van der Waals surface area (Å²) in [6.07, 6.45) is 0. The molecule has 0 aliphatic heterocycles. The second kappa shape index (κ2) is 5.95. The average Bonchev–Trinajstić information content (AvgIpc) is 3.77. The Morgan fingerprint density at radius 3 is 1.49 bits per heavy atom. The molecule has 180 valence electrons. The van der Waals surface area contributed by atoms with Gasteiger partial charge in [-0.05, 0) is 36.4 Å². The smallest absolute Gasteiger partial charge is 0.223 e. The number of rotatable bonds is 0. The van der Waals surface area contributed by atoms with Crippen molar-refractivity contribution in [1.82, 2.24) is 23.2 Å². The Kier molecular flexibility index (Phi) is 2.84. The highest BCUT2D eigenvalue weighted by Gasteiger charge is 2.24. The Labute approximate surface area is 217 Å². The summed E-state index contributed by atoms with van der Waals surface area (Å²) in [5.74, 6) is 1.68. The molecule has 0 radical (unpaired) electrons. The Balaban J connectivity index is 1.32. The largest absolute Gasteiger partial charge is 0.456 e. The summed E-state index contributed by atoms with van der Waals surface area (Å²) in [4.78, 5) is 10.3. The number of fused-ring (bicyclic) bond motifs is 16. The minimum absolute atomic E-state index is 0.840. The van der Waals surface area contributed by atoms with Gasteiger partial charge in [0.25, 0.3) is 0 Å². The lowest BCUT2D eigenvalue weighted by Crippen LogP contribution is -1.87. The van der Waals surface area contributed by atoms with Gasteiger partial charge in [0.05, 0.1) is 33.1 Å². The standard InChI is InChI=1S/C32H15N5O2/c1-3-10-26-16(6-1)18-12-20-24(14-28(18)38-26)35-22-8-5-9-23-30(22)37(31(35)33-20)32-34-21-13-19-17-7-2-4-11-27(17)39-29(19)15-25(21)36(23)32/h1-15H. The van der Waals surface area contributed by atoms with E-state index in [-0.39, 0.29) is 0 Å². The second-order valence-electron chi connectivity index (χ2n) is 10.3. The van der Waals surface area contributed by atoms with E-state index >= 15 is 0 Å². The number of furan rings is 2. The third-order valence-corrected chi connectivity index (χ3v) is 8.37. The molecule has 39 heavy (non-hydrogen) atoms. The molecule has 0 aliphatic rings. The number of imidazole rings is 4. The van der Waals surface area contributed by atoms with Gasteiger partial charge < -0.3 is 8.83 Å². The zero-order valence-electron chi connectivity index (χ0n) is 20.2. The molecule has 6 aromatic heterocycles. The van der Waals surface area contributed by atoms with E-state index in [1.165, 1.54) is 0 Å². The van der Waals surface area contributed by atoms with Gasteiger partial charge in [0.1, 0.15) is 27.8 Å². The molecule has 0 saturated carbocycles. The van der Waals surface area contributed by atoms with Crippen LogP contribution in [0.25, 0.3) is 94.0 Å². The summed E-state index contributed by atoms with van der Waals surface area (Å²) in [7, 11) is 0. The van der Waals surface area contributed by atoms with E-state index in [4.69, 9.17) is 18.8 Å². The van der Waals surface area contributed by atoms with Crippen molar-refractivity contribution in [3.8, 4) is 0 Å². The van der Waals surface area contributed by atoms with Crippen molar-refractivity contribution >= 4 is 94.0 Å². The van der Waals surface area contributed by atoms with E-state index in [0.717, 1.165) is 94.0 Å². The molecule has 5 aromatic carbocycles. The molecule has 0 amide bonds. The van der Waals surface area contributed by atoms with Crippen LogP contribution in [0.15, 0.2) is 99.8 Å². The summed E-state index contributed by atoms with van der Waals surface area (Å²) in [6.45, 7) is 0. The zero-order valence-corrected chi connectivity index (χ0v) is 20.2. The van der Waals surface area contributed by atoms with Crippen LogP contribution in [-0.4, -0.2) is 23.2 Å². The third-order valence-electron chi connectivity index (χ3n) is 8.37. The van der Waals surface area contributed by atoms with Crippen LogP contribution in [0.3, 0.4) is 0 Å². The van der Waals surface area contributed by atoms with Gasteiger partial charge in [0.2, 0.25) is 11.6 Å². The van der Waals surface area contributed by atoms with Crippen molar-refractivity contribution < 1.29 is 8.83 Å². The highest BCUT2D eigenvalue weighted by atomic mass is 16.3. The topological polar surface area (TPSA) is 65.3 Å². The van der Waals surface area contributed by atoms with E-state index < -0.39 is 0 Å². The lowest BCUT2D eigenvalue weighted by atomic mass is 10.1. The summed E-state index contributed by atoms with van der Waals surface area (Å²) in [6, 6.07) is 31.2. The van der Waals surface area contributed by atoms with Crippen LogP contribution in [0.2, 0.25) is 0 Å². The van der Waals surface area contributed by atoms with Gasteiger partial charge >= 0.3 is 0 Å². The molecule has 11 rings (SSSR count). The summed E-state index contributed by atoms with van der Waals surface area (Å²) in [5, 5.41) is 4.36. The van der Waals surface area contributed by atoms with Crippen LogP contribution in [0, 0.1) is 0 Å².